The van der Waals surface area contributed by atoms with Crippen LogP contribution in [0.5, 0.6) is 0 Å². The number of hydrogen-bond acceptors (Lipinski definition) is 5. The van der Waals surface area contributed by atoms with Crippen LogP contribution in [0, 0.1) is 23.0 Å². The third kappa shape index (κ3) is 4.96. The maximum atomic E-state index is 14.1. The van der Waals surface area contributed by atoms with Crippen molar-refractivity contribution in [2.45, 2.75) is 17.9 Å². The van der Waals surface area contributed by atoms with Crippen LogP contribution in [0.25, 0.3) is 0 Å². The molecule has 32 heavy (non-hydrogen) atoms. The second-order valence-electron chi connectivity index (χ2n) is 7.65. The van der Waals surface area contributed by atoms with Crippen molar-refractivity contribution >= 4 is 15.9 Å². The highest BCUT2D eigenvalue weighted by atomic mass is 32.2. The average Bonchev–Trinajstić information content (AvgIpc) is 2.80. The van der Waals surface area contributed by atoms with Gasteiger partial charge in [0.25, 0.3) is 0 Å². The first-order valence-electron chi connectivity index (χ1n) is 10.1. The van der Waals surface area contributed by atoms with E-state index in [1.807, 2.05) is 6.07 Å². The van der Waals surface area contributed by atoms with Gasteiger partial charge in [0.1, 0.15) is 17.7 Å². The van der Waals surface area contributed by atoms with Gasteiger partial charge >= 0.3 is 0 Å². The Kier molecular flexibility index (Phi) is 7.23. The van der Waals surface area contributed by atoms with E-state index in [1.54, 1.807) is 35.9 Å². The molecule has 1 heterocycles. The van der Waals surface area contributed by atoms with E-state index in [1.165, 1.54) is 16.4 Å². The van der Waals surface area contributed by atoms with E-state index in [0.717, 1.165) is 18.2 Å². The second-order valence-corrected chi connectivity index (χ2v) is 9.56. The normalized spacial score (nSPS) is 16.1. The van der Waals surface area contributed by atoms with Gasteiger partial charge in [-0.05, 0) is 44.3 Å². The van der Waals surface area contributed by atoms with Crippen LogP contribution in [0.3, 0.4) is 0 Å². The predicted octanol–water partition coefficient (Wildman–Crippen LogP) is 2.36. The van der Waals surface area contributed by atoms with Crippen molar-refractivity contribution in [1.82, 2.24) is 14.1 Å². The van der Waals surface area contributed by atoms with E-state index in [2.05, 4.69) is 0 Å². The molecule has 7 nitrogen and oxygen atoms in total. The molecule has 170 valence electrons. The van der Waals surface area contributed by atoms with Gasteiger partial charge in [0.05, 0.1) is 17.0 Å². The van der Waals surface area contributed by atoms with Crippen molar-refractivity contribution < 1.29 is 22.0 Å². The number of carbonyl (C=O) groups is 1. The summed E-state index contributed by atoms with van der Waals surface area (Å²) in [5.74, 6) is -1.33. The molecule has 3 rings (SSSR count). The maximum Gasteiger partial charge on any atom is 0.244 e. The first-order chi connectivity index (χ1) is 15.1. The summed E-state index contributed by atoms with van der Waals surface area (Å²) < 4.78 is 54.7. The Hall–Kier alpha value is -2.87. The van der Waals surface area contributed by atoms with Crippen molar-refractivity contribution in [2.24, 2.45) is 0 Å². The highest BCUT2D eigenvalue weighted by molar-refractivity contribution is 7.89. The molecule has 0 aliphatic carbocycles. The number of hydrogen-bond donors (Lipinski definition) is 0. The van der Waals surface area contributed by atoms with Gasteiger partial charge in [-0.1, -0.05) is 12.1 Å². The number of benzene rings is 2. The fourth-order valence-corrected chi connectivity index (χ4v) is 5.19. The van der Waals surface area contributed by atoms with Gasteiger partial charge in [0, 0.05) is 37.8 Å². The maximum absolute atomic E-state index is 14.1. The number of piperazine rings is 1. The lowest BCUT2D eigenvalue weighted by Gasteiger charge is -2.35. The van der Waals surface area contributed by atoms with E-state index >= 15 is 0 Å². The molecular weight excluding hydrogens is 438 g/mol. The van der Waals surface area contributed by atoms with Crippen LogP contribution >= 0.6 is 0 Å². The van der Waals surface area contributed by atoms with Gasteiger partial charge in [0.2, 0.25) is 15.9 Å². The molecule has 1 unspecified atom stereocenters. The topological polar surface area (TPSA) is 84.7 Å². The summed E-state index contributed by atoms with van der Waals surface area (Å²) in [4.78, 5) is 15.8. The summed E-state index contributed by atoms with van der Waals surface area (Å²) in [6, 6.07) is 10.6. The lowest BCUT2D eigenvalue weighted by molar-refractivity contribution is -0.133. The molecule has 10 heteroatoms. The van der Waals surface area contributed by atoms with E-state index in [0.29, 0.717) is 0 Å². The molecule has 2 aromatic carbocycles. The zero-order chi connectivity index (χ0) is 23.5. The number of nitriles is 1. The molecule has 1 saturated heterocycles. The second kappa shape index (κ2) is 9.73. The van der Waals surface area contributed by atoms with Crippen LogP contribution in [0.15, 0.2) is 47.4 Å². The Balaban J connectivity index is 1.62. The van der Waals surface area contributed by atoms with Crippen LogP contribution < -0.4 is 0 Å². The monoisotopic (exact) mass is 462 g/mol. The molecule has 1 aliphatic heterocycles. The predicted molar refractivity (Wildman–Crippen MR) is 114 cm³/mol. The molecule has 0 spiro atoms. The number of carbonyl (C=O) groups excluding carboxylic acids is 1. The van der Waals surface area contributed by atoms with Crippen LogP contribution in [0.1, 0.15) is 24.1 Å². The largest absolute Gasteiger partial charge is 0.339 e. The van der Waals surface area contributed by atoms with Crippen LogP contribution in [0.2, 0.25) is 0 Å². The summed E-state index contributed by atoms with van der Waals surface area (Å²) in [6.45, 7) is 2.26. The van der Waals surface area contributed by atoms with Gasteiger partial charge in [-0.2, -0.15) is 9.57 Å². The van der Waals surface area contributed by atoms with Gasteiger partial charge in [-0.15, -0.1) is 0 Å². The van der Waals surface area contributed by atoms with Crippen LogP contribution in [0.4, 0.5) is 8.78 Å². The van der Waals surface area contributed by atoms with Gasteiger partial charge in [0.15, 0.2) is 0 Å². The lowest BCUT2D eigenvalue weighted by atomic mass is 10.1. The molecule has 0 aromatic heterocycles. The first-order valence-corrected chi connectivity index (χ1v) is 11.5. The standard InChI is InChI=1S/C22H24F2N4O3S/c1-16(19-13-18(23)7-8-20(19)24)26(2)15-22(29)27-9-11-28(12-10-27)32(30,31)21-6-4-3-5-17(21)14-25/h3-8,13,16H,9-12,15H2,1-2H3. The van der Waals surface area contributed by atoms with Crippen molar-refractivity contribution in [3.8, 4) is 6.07 Å². The lowest BCUT2D eigenvalue weighted by Crippen LogP contribution is -2.52. The highest BCUT2D eigenvalue weighted by Crippen LogP contribution is 2.24. The summed E-state index contributed by atoms with van der Waals surface area (Å²) >= 11 is 0. The number of sulfonamides is 1. The molecule has 0 saturated carbocycles. The third-order valence-corrected chi connectivity index (χ3v) is 7.63. The quantitative estimate of drug-likeness (QED) is 0.658. The Morgan fingerprint density at radius 1 is 1.16 bits per heavy atom. The van der Waals surface area contributed by atoms with Crippen LogP contribution in [-0.4, -0.2) is 68.2 Å². The van der Waals surface area contributed by atoms with Gasteiger partial charge in [-0.25, -0.2) is 17.2 Å². The summed E-state index contributed by atoms with van der Waals surface area (Å²) in [5, 5.41) is 9.20. The van der Waals surface area contributed by atoms with E-state index in [-0.39, 0.29) is 54.7 Å². The summed E-state index contributed by atoms with van der Waals surface area (Å²) in [7, 11) is -2.20. The fraction of sp³-hybridized carbons (Fsp3) is 0.364. The molecule has 1 atom stereocenters. The van der Waals surface area contributed by atoms with Crippen molar-refractivity contribution in [2.75, 3.05) is 39.8 Å². The van der Waals surface area contributed by atoms with Crippen molar-refractivity contribution in [1.29, 1.82) is 5.26 Å². The molecule has 1 amide bonds. The highest BCUT2D eigenvalue weighted by Gasteiger charge is 2.32. The minimum absolute atomic E-state index is 0.0267. The van der Waals surface area contributed by atoms with E-state index in [9.17, 15) is 27.3 Å². The number of rotatable bonds is 6. The summed E-state index contributed by atoms with van der Waals surface area (Å²) in [6.07, 6.45) is 0. The first kappa shape index (κ1) is 23.8. The van der Waals surface area contributed by atoms with Crippen LogP contribution in [-0.2, 0) is 14.8 Å². The molecule has 0 radical (unpaired) electrons. The number of likely N-dealkylation sites (N-methyl/N-ethyl adjacent to an activating group) is 1. The zero-order valence-electron chi connectivity index (χ0n) is 17.8. The Labute approximate surface area is 186 Å². The Morgan fingerprint density at radius 3 is 2.47 bits per heavy atom. The third-order valence-electron chi connectivity index (χ3n) is 5.67. The smallest absolute Gasteiger partial charge is 0.244 e. The SMILES string of the molecule is CC(c1cc(F)ccc1F)N(C)CC(=O)N1CCN(S(=O)(=O)c2ccccc2C#N)CC1. The van der Waals surface area contributed by atoms with E-state index < -0.39 is 27.7 Å². The van der Waals surface area contributed by atoms with Crippen molar-refractivity contribution in [3.63, 3.8) is 0 Å². The molecule has 1 aliphatic rings. The zero-order valence-corrected chi connectivity index (χ0v) is 18.6. The molecule has 0 N–H and O–H groups in total. The van der Waals surface area contributed by atoms with Gasteiger partial charge in [-0.3, -0.25) is 9.69 Å². The van der Waals surface area contributed by atoms with Crippen molar-refractivity contribution in [3.05, 3.63) is 65.2 Å². The molecule has 2 aromatic rings. The molecule has 1 fully saturated rings. The minimum Gasteiger partial charge on any atom is -0.339 e. The van der Waals surface area contributed by atoms with Gasteiger partial charge < -0.3 is 4.90 Å². The molecular formula is C22H24F2N4O3S. The molecule has 0 bridgehead atoms. The number of halogens is 2. The average molecular weight is 463 g/mol. The number of nitrogens with zero attached hydrogens (tertiary/aromatic N) is 4. The minimum atomic E-state index is -3.85. The Morgan fingerprint density at radius 2 is 1.81 bits per heavy atom. The Bertz CT molecular complexity index is 1140. The summed E-state index contributed by atoms with van der Waals surface area (Å²) in [5.41, 5.74) is 0.235. The number of amides is 1. The van der Waals surface area contributed by atoms with E-state index in [4.69, 9.17) is 0 Å². The fourth-order valence-electron chi connectivity index (χ4n) is 3.62.